The fourth-order valence-corrected chi connectivity index (χ4v) is 4.26. The van der Waals surface area contributed by atoms with E-state index >= 15 is 0 Å². The summed E-state index contributed by atoms with van der Waals surface area (Å²) in [5.74, 6) is 0.534. The van der Waals surface area contributed by atoms with Gasteiger partial charge in [0.2, 0.25) is 5.95 Å². The summed E-state index contributed by atoms with van der Waals surface area (Å²) in [5.41, 5.74) is 6.46. The number of nitrogens with zero attached hydrogens (tertiary/aromatic N) is 2. The Bertz CT molecular complexity index is 1150. The van der Waals surface area contributed by atoms with Crippen molar-refractivity contribution in [2.45, 2.75) is 26.9 Å². The lowest BCUT2D eigenvalue weighted by atomic mass is 10.0. The van der Waals surface area contributed by atoms with Gasteiger partial charge >= 0.3 is 0 Å². The van der Waals surface area contributed by atoms with Gasteiger partial charge in [0.05, 0.1) is 16.7 Å². The number of aliphatic hydroxyl groups excluding tert-OH is 1. The third-order valence-corrected chi connectivity index (χ3v) is 6.15. The fourth-order valence-electron chi connectivity index (χ4n) is 3.20. The molecule has 0 aliphatic carbocycles. The third kappa shape index (κ3) is 4.21. The van der Waals surface area contributed by atoms with Gasteiger partial charge in [-0.05, 0) is 73.4 Å². The number of aliphatic hydroxyl groups is 1. The van der Waals surface area contributed by atoms with Crippen LogP contribution in [-0.2, 0) is 0 Å². The summed E-state index contributed by atoms with van der Waals surface area (Å²) in [4.78, 5) is 11.4. The minimum Gasteiger partial charge on any atom is -0.389 e. The van der Waals surface area contributed by atoms with Crippen LogP contribution in [0.15, 0.2) is 66.9 Å². The van der Waals surface area contributed by atoms with E-state index < -0.39 is 6.10 Å². The molecule has 2 aromatic carbocycles. The van der Waals surface area contributed by atoms with Crippen LogP contribution < -0.4 is 5.32 Å². The number of aromatic nitrogens is 2. The van der Waals surface area contributed by atoms with Gasteiger partial charge in [-0.1, -0.05) is 30.3 Å². The quantitative estimate of drug-likeness (QED) is 0.413. The number of anilines is 2. The van der Waals surface area contributed by atoms with Crippen molar-refractivity contribution in [2.75, 3.05) is 5.32 Å². The first-order valence-electron chi connectivity index (χ1n) is 9.56. The standard InChI is InChI=1S/C24H23N3OS/c1-15-6-4-9-20(16(15)2)22-10-11-23(29-22)21-12-13-25-24(27-21)26-19-8-5-7-18(14-19)17(3)28/h4-14,17,28H,1-3H3,(H,25,26,27). The molecule has 29 heavy (non-hydrogen) atoms. The van der Waals surface area contributed by atoms with Crippen LogP contribution in [-0.4, -0.2) is 15.1 Å². The molecule has 0 radical (unpaired) electrons. The summed E-state index contributed by atoms with van der Waals surface area (Å²) in [6.45, 7) is 6.06. The maximum Gasteiger partial charge on any atom is 0.227 e. The second-order valence-electron chi connectivity index (χ2n) is 7.10. The maximum absolute atomic E-state index is 9.78. The Kier molecular flexibility index (Phi) is 5.43. The van der Waals surface area contributed by atoms with Crippen LogP contribution in [0.5, 0.6) is 0 Å². The molecule has 4 nitrogen and oxygen atoms in total. The number of aryl methyl sites for hydroxylation is 1. The highest BCUT2D eigenvalue weighted by molar-refractivity contribution is 7.18. The molecule has 0 bridgehead atoms. The number of benzene rings is 2. The zero-order valence-corrected chi connectivity index (χ0v) is 17.5. The summed E-state index contributed by atoms with van der Waals surface area (Å²) in [7, 11) is 0. The lowest BCUT2D eigenvalue weighted by molar-refractivity contribution is 0.199. The monoisotopic (exact) mass is 401 g/mol. The summed E-state index contributed by atoms with van der Waals surface area (Å²) in [5, 5.41) is 13.0. The molecule has 4 rings (SSSR count). The van der Waals surface area contributed by atoms with Crippen molar-refractivity contribution in [3.63, 3.8) is 0 Å². The van der Waals surface area contributed by atoms with E-state index in [0.717, 1.165) is 21.8 Å². The van der Waals surface area contributed by atoms with Gasteiger partial charge in [-0.3, -0.25) is 0 Å². The largest absolute Gasteiger partial charge is 0.389 e. The second kappa shape index (κ2) is 8.15. The smallest absolute Gasteiger partial charge is 0.227 e. The van der Waals surface area contributed by atoms with E-state index in [1.165, 1.54) is 21.6 Å². The first kappa shape index (κ1) is 19.3. The van der Waals surface area contributed by atoms with Gasteiger partial charge in [0, 0.05) is 16.8 Å². The Hall–Kier alpha value is -3.02. The predicted molar refractivity (Wildman–Crippen MR) is 121 cm³/mol. The van der Waals surface area contributed by atoms with E-state index in [2.05, 4.69) is 59.5 Å². The Morgan fingerprint density at radius 3 is 2.59 bits per heavy atom. The molecule has 2 heterocycles. The van der Waals surface area contributed by atoms with Gasteiger partial charge in [-0.15, -0.1) is 11.3 Å². The van der Waals surface area contributed by atoms with Crippen LogP contribution in [0.2, 0.25) is 0 Å². The van der Waals surface area contributed by atoms with Crippen LogP contribution in [0, 0.1) is 13.8 Å². The SMILES string of the molecule is Cc1cccc(-c2ccc(-c3ccnc(Nc4cccc(C(C)O)c4)n3)s2)c1C. The highest BCUT2D eigenvalue weighted by Crippen LogP contribution is 2.36. The lowest BCUT2D eigenvalue weighted by Gasteiger charge is -2.09. The van der Waals surface area contributed by atoms with Crippen molar-refractivity contribution in [2.24, 2.45) is 0 Å². The number of thiophene rings is 1. The molecule has 4 aromatic rings. The van der Waals surface area contributed by atoms with Crippen LogP contribution in [0.1, 0.15) is 29.7 Å². The molecule has 5 heteroatoms. The van der Waals surface area contributed by atoms with E-state index in [4.69, 9.17) is 0 Å². The average molecular weight is 402 g/mol. The number of hydrogen-bond acceptors (Lipinski definition) is 5. The average Bonchev–Trinajstić information content (AvgIpc) is 3.20. The van der Waals surface area contributed by atoms with Gasteiger partial charge in [0.25, 0.3) is 0 Å². The molecule has 146 valence electrons. The molecule has 0 aliphatic rings. The molecule has 0 amide bonds. The maximum atomic E-state index is 9.78. The molecule has 0 aliphatic heterocycles. The van der Waals surface area contributed by atoms with Crippen molar-refractivity contribution >= 4 is 23.0 Å². The topological polar surface area (TPSA) is 58.0 Å². The van der Waals surface area contributed by atoms with Crippen LogP contribution in [0.4, 0.5) is 11.6 Å². The molecule has 0 saturated carbocycles. The van der Waals surface area contributed by atoms with Gasteiger partial charge in [0.1, 0.15) is 0 Å². The number of nitrogens with one attached hydrogen (secondary N) is 1. The zero-order valence-electron chi connectivity index (χ0n) is 16.7. The molecule has 0 spiro atoms. The Labute approximate surface area is 174 Å². The van der Waals surface area contributed by atoms with Crippen molar-refractivity contribution in [3.8, 4) is 21.0 Å². The van der Waals surface area contributed by atoms with Gasteiger partial charge < -0.3 is 10.4 Å². The zero-order chi connectivity index (χ0) is 20.4. The molecule has 2 N–H and O–H groups in total. The highest BCUT2D eigenvalue weighted by atomic mass is 32.1. The van der Waals surface area contributed by atoms with Crippen LogP contribution >= 0.6 is 11.3 Å². The third-order valence-electron chi connectivity index (χ3n) is 5.01. The highest BCUT2D eigenvalue weighted by Gasteiger charge is 2.10. The van der Waals surface area contributed by atoms with Crippen molar-refractivity contribution in [1.29, 1.82) is 0 Å². The first-order chi connectivity index (χ1) is 14.0. The van der Waals surface area contributed by atoms with Crippen LogP contribution in [0.25, 0.3) is 21.0 Å². The van der Waals surface area contributed by atoms with E-state index in [0.29, 0.717) is 5.95 Å². The van der Waals surface area contributed by atoms with E-state index in [-0.39, 0.29) is 0 Å². The summed E-state index contributed by atoms with van der Waals surface area (Å²) in [6, 6.07) is 20.3. The van der Waals surface area contributed by atoms with Crippen LogP contribution in [0.3, 0.4) is 0 Å². The number of hydrogen-bond donors (Lipinski definition) is 2. The summed E-state index contributed by atoms with van der Waals surface area (Å²) in [6.07, 6.45) is 1.25. The Balaban J connectivity index is 1.60. The normalized spacial score (nSPS) is 12.0. The van der Waals surface area contributed by atoms with Crippen molar-refractivity contribution in [3.05, 3.63) is 83.6 Å². The molecule has 0 fully saturated rings. The van der Waals surface area contributed by atoms with E-state index in [1.807, 2.05) is 30.3 Å². The lowest BCUT2D eigenvalue weighted by Crippen LogP contribution is -1.99. The first-order valence-corrected chi connectivity index (χ1v) is 10.4. The molecule has 1 atom stereocenters. The Morgan fingerprint density at radius 2 is 1.76 bits per heavy atom. The van der Waals surface area contributed by atoms with E-state index in [9.17, 15) is 5.11 Å². The summed E-state index contributed by atoms with van der Waals surface area (Å²) < 4.78 is 0. The van der Waals surface area contributed by atoms with Gasteiger partial charge in [0.15, 0.2) is 0 Å². The molecule has 2 aromatic heterocycles. The molecule has 0 saturated heterocycles. The molecule has 1 unspecified atom stereocenters. The fraction of sp³-hybridized carbons (Fsp3) is 0.167. The predicted octanol–water partition coefficient (Wildman–Crippen LogP) is 6.29. The Morgan fingerprint density at radius 1 is 0.966 bits per heavy atom. The summed E-state index contributed by atoms with van der Waals surface area (Å²) >= 11 is 1.73. The number of rotatable bonds is 5. The van der Waals surface area contributed by atoms with E-state index in [1.54, 1.807) is 24.5 Å². The van der Waals surface area contributed by atoms with Gasteiger partial charge in [-0.25, -0.2) is 9.97 Å². The minimum atomic E-state index is -0.515. The molecular formula is C24H23N3OS. The molecular weight excluding hydrogens is 378 g/mol. The van der Waals surface area contributed by atoms with Crippen molar-refractivity contribution in [1.82, 2.24) is 9.97 Å². The minimum absolute atomic E-state index is 0.515. The second-order valence-corrected chi connectivity index (χ2v) is 8.19. The van der Waals surface area contributed by atoms with Gasteiger partial charge in [-0.2, -0.15) is 0 Å². The van der Waals surface area contributed by atoms with Crippen molar-refractivity contribution < 1.29 is 5.11 Å².